The lowest BCUT2D eigenvalue weighted by atomic mass is 10.00. The molecule has 1 fully saturated rings. The lowest BCUT2D eigenvalue weighted by molar-refractivity contribution is -0.172. The summed E-state index contributed by atoms with van der Waals surface area (Å²) in [4.78, 5) is 34.6. The zero-order chi connectivity index (χ0) is 12.7. The highest BCUT2D eigenvalue weighted by molar-refractivity contribution is 8.03. The van der Waals surface area contributed by atoms with Crippen molar-refractivity contribution in [3.8, 4) is 0 Å². The van der Waals surface area contributed by atoms with E-state index in [1.165, 1.54) is 12.5 Å². The minimum absolute atomic E-state index is 0.304. The minimum Gasteiger partial charge on any atom is -0.479 e. The molecule has 3 atom stereocenters. The van der Waals surface area contributed by atoms with Crippen molar-refractivity contribution < 1.29 is 29.3 Å². The zero-order valence-corrected chi connectivity index (χ0v) is 9.51. The van der Waals surface area contributed by atoms with Gasteiger partial charge in [0.05, 0.1) is 5.57 Å². The molecular formula is C9H9NO6S. The standard InChI is InChI=1S/C9H9NO6S/c1-16-5-6(11)10-4(9(14)15)3(8(12)13)2-17-7(5)10/h2,4-5,7H,1H3,(H,12,13)(H,14,15)/t4?,5-,7?/m0/s1. The Balaban J connectivity index is 2.35. The average Bonchev–Trinajstić information content (AvgIpc) is 2.27. The number of nitrogens with zero attached hydrogens (tertiary/aromatic N) is 1. The number of β-lactam (4-membered cyclic amide) rings is 1. The maximum Gasteiger partial charge on any atom is 0.334 e. The van der Waals surface area contributed by atoms with E-state index < -0.39 is 35.4 Å². The predicted octanol–water partition coefficient (Wildman–Crippen LogP) is -0.662. The molecule has 17 heavy (non-hydrogen) atoms. The molecule has 0 saturated carbocycles. The van der Waals surface area contributed by atoms with Crippen molar-refractivity contribution in [2.24, 2.45) is 0 Å². The van der Waals surface area contributed by atoms with Crippen molar-refractivity contribution >= 4 is 29.6 Å². The molecule has 0 aromatic carbocycles. The van der Waals surface area contributed by atoms with E-state index in [2.05, 4.69) is 0 Å². The van der Waals surface area contributed by atoms with Gasteiger partial charge in [-0.25, -0.2) is 9.59 Å². The summed E-state index contributed by atoms with van der Waals surface area (Å²) in [5, 5.41) is 18.7. The second-order valence-corrected chi connectivity index (χ2v) is 4.54. The van der Waals surface area contributed by atoms with E-state index in [0.717, 1.165) is 16.7 Å². The summed E-state index contributed by atoms with van der Waals surface area (Å²) in [7, 11) is 1.35. The number of hydrogen-bond donors (Lipinski definition) is 2. The average molecular weight is 259 g/mol. The monoisotopic (exact) mass is 259 g/mol. The van der Waals surface area contributed by atoms with Crippen LogP contribution in [0.5, 0.6) is 0 Å². The van der Waals surface area contributed by atoms with E-state index in [1.54, 1.807) is 0 Å². The first-order valence-electron chi connectivity index (χ1n) is 4.65. The second kappa shape index (κ2) is 4.04. The Morgan fingerprint density at radius 2 is 2.12 bits per heavy atom. The van der Waals surface area contributed by atoms with Crippen LogP contribution >= 0.6 is 11.8 Å². The van der Waals surface area contributed by atoms with Crippen molar-refractivity contribution in [2.45, 2.75) is 17.5 Å². The number of rotatable bonds is 3. The van der Waals surface area contributed by atoms with E-state index >= 15 is 0 Å². The van der Waals surface area contributed by atoms with Gasteiger partial charge in [-0.1, -0.05) is 0 Å². The van der Waals surface area contributed by atoms with Gasteiger partial charge < -0.3 is 19.8 Å². The molecule has 2 aliphatic heterocycles. The number of fused-ring (bicyclic) bond motifs is 1. The van der Waals surface area contributed by atoms with Crippen molar-refractivity contribution in [2.75, 3.05) is 7.11 Å². The largest absolute Gasteiger partial charge is 0.479 e. The second-order valence-electron chi connectivity index (χ2n) is 3.55. The van der Waals surface area contributed by atoms with Crippen LogP contribution in [0.2, 0.25) is 0 Å². The summed E-state index contributed by atoms with van der Waals surface area (Å²) >= 11 is 1.08. The lowest BCUT2D eigenvalue weighted by Gasteiger charge is -2.49. The highest BCUT2D eigenvalue weighted by atomic mass is 32.2. The molecule has 2 aliphatic rings. The van der Waals surface area contributed by atoms with Gasteiger partial charge >= 0.3 is 11.9 Å². The van der Waals surface area contributed by atoms with Gasteiger partial charge in [-0.15, -0.1) is 11.8 Å². The Hall–Kier alpha value is -1.54. The van der Waals surface area contributed by atoms with Crippen molar-refractivity contribution in [1.82, 2.24) is 4.90 Å². The fourth-order valence-corrected chi connectivity index (χ4v) is 3.11. The van der Waals surface area contributed by atoms with Gasteiger partial charge in [-0.05, 0) is 5.41 Å². The number of aliphatic carboxylic acids is 2. The molecule has 1 amide bonds. The van der Waals surface area contributed by atoms with Gasteiger partial charge in [0, 0.05) is 7.11 Å². The van der Waals surface area contributed by atoms with Crippen molar-refractivity contribution in [1.29, 1.82) is 0 Å². The molecule has 0 aliphatic carbocycles. The van der Waals surface area contributed by atoms with Crippen LogP contribution in [0.1, 0.15) is 0 Å². The Morgan fingerprint density at radius 1 is 1.47 bits per heavy atom. The van der Waals surface area contributed by atoms with Crippen molar-refractivity contribution in [3.05, 3.63) is 11.0 Å². The van der Waals surface area contributed by atoms with E-state index in [4.69, 9.17) is 14.9 Å². The van der Waals surface area contributed by atoms with Gasteiger partial charge in [-0.3, -0.25) is 4.79 Å². The summed E-state index contributed by atoms with van der Waals surface area (Å²) < 4.78 is 4.91. The molecule has 2 unspecified atom stereocenters. The third kappa shape index (κ3) is 1.60. The van der Waals surface area contributed by atoms with E-state index in [0.29, 0.717) is 0 Å². The van der Waals surface area contributed by atoms with Crippen LogP contribution in [0.25, 0.3) is 0 Å². The number of thioether (sulfide) groups is 1. The van der Waals surface area contributed by atoms with Crippen LogP contribution in [0.3, 0.4) is 0 Å². The number of ether oxygens (including phenoxy) is 1. The van der Waals surface area contributed by atoms with Crippen LogP contribution in [-0.4, -0.2) is 57.6 Å². The molecule has 0 spiro atoms. The molecule has 1 saturated heterocycles. The zero-order valence-electron chi connectivity index (χ0n) is 8.69. The number of amides is 1. The number of hydrogen-bond acceptors (Lipinski definition) is 5. The molecule has 0 radical (unpaired) electrons. The highest BCUT2D eigenvalue weighted by Gasteiger charge is 2.56. The van der Waals surface area contributed by atoms with Gasteiger partial charge in [0.25, 0.3) is 5.91 Å². The first kappa shape index (κ1) is 11.9. The molecule has 7 nitrogen and oxygen atoms in total. The topological polar surface area (TPSA) is 104 Å². The Kier molecular flexibility index (Phi) is 2.84. The number of carboxylic acid groups (broad SMARTS) is 2. The molecule has 0 aromatic rings. The fourth-order valence-electron chi connectivity index (χ4n) is 1.86. The molecule has 2 N–H and O–H groups in total. The summed E-state index contributed by atoms with van der Waals surface area (Å²) in [6.07, 6.45) is -0.701. The highest BCUT2D eigenvalue weighted by Crippen LogP contribution is 2.41. The maximum absolute atomic E-state index is 11.6. The summed E-state index contributed by atoms with van der Waals surface area (Å²) in [6, 6.07) is -1.43. The van der Waals surface area contributed by atoms with Gasteiger partial charge in [0.1, 0.15) is 5.37 Å². The molecule has 92 valence electrons. The number of carboxylic acids is 2. The Bertz CT molecular complexity index is 433. The molecule has 2 heterocycles. The van der Waals surface area contributed by atoms with E-state index in [-0.39, 0.29) is 5.57 Å². The van der Waals surface area contributed by atoms with Crippen LogP contribution in [0, 0.1) is 0 Å². The van der Waals surface area contributed by atoms with Gasteiger partial charge in [0.15, 0.2) is 12.1 Å². The number of carbonyl (C=O) groups is 3. The molecule has 0 aromatic heterocycles. The smallest absolute Gasteiger partial charge is 0.334 e. The maximum atomic E-state index is 11.6. The van der Waals surface area contributed by atoms with E-state index in [1.807, 2.05) is 0 Å². The van der Waals surface area contributed by atoms with E-state index in [9.17, 15) is 14.4 Å². The van der Waals surface area contributed by atoms with Crippen molar-refractivity contribution in [3.63, 3.8) is 0 Å². The molecule has 8 heteroatoms. The first-order chi connectivity index (χ1) is 7.99. The SMILES string of the molecule is CO[C@H]1C(=O)N2C(C(=O)O)C(C(=O)O)=CSC12. The van der Waals surface area contributed by atoms with Crippen LogP contribution in [-0.2, 0) is 19.1 Å². The summed E-state index contributed by atoms with van der Waals surface area (Å²) in [5.74, 6) is -3.19. The number of carbonyl (C=O) groups excluding carboxylic acids is 1. The van der Waals surface area contributed by atoms with Gasteiger partial charge in [0.2, 0.25) is 0 Å². The third-order valence-corrected chi connectivity index (χ3v) is 3.82. The Morgan fingerprint density at radius 3 is 2.59 bits per heavy atom. The lowest BCUT2D eigenvalue weighted by Crippen LogP contribution is -2.70. The summed E-state index contributed by atoms with van der Waals surface area (Å²) in [5.41, 5.74) is -0.304. The quantitative estimate of drug-likeness (QED) is 0.648. The molecule has 0 bridgehead atoms. The molecular weight excluding hydrogens is 250 g/mol. The van der Waals surface area contributed by atoms with Crippen LogP contribution in [0.15, 0.2) is 11.0 Å². The Labute approximate surface area is 100 Å². The third-order valence-electron chi connectivity index (χ3n) is 2.67. The normalized spacial score (nSPS) is 31.4. The van der Waals surface area contributed by atoms with Crippen LogP contribution < -0.4 is 0 Å². The predicted molar refractivity (Wildman–Crippen MR) is 56.2 cm³/mol. The van der Waals surface area contributed by atoms with Gasteiger partial charge in [-0.2, -0.15) is 0 Å². The minimum atomic E-state index is -1.43. The fraction of sp³-hybridized carbons (Fsp3) is 0.444. The van der Waals surface area contributed by atoms with Crippen LogP contribution in [0.4, 0.5) is 0 Å². The first-order valence-corrected chi connectivity index (χ1v) is 5.60. The number of methoxy groups -OCH3 is 1. The molecule has 2 rings (SSSR count). The summed E-state index contributed by atoms with van der Waals surface area (Å²) in [6.45, 7) is 0.